The van der Waals surface area contributed by atoms with Crippen molar-refractivity contribution in [2.45, 2.75) is 19.9 Å². The molecule has 2 rings (SSSR count). The van der Waals surface area contributed by atoms with Crippen LogP contribution >= 0.6 is 15.9 Å². The smallest absolute Gasteiger partial charge is 0.246 e. The number of rotatable bonds is 4. The van der Waals surface area contributed by atoms with Gasteiger partial charge >= 0.3 is 0 Å². The maximum Gasteiger partial charge on any atom is 0.246 e. The zero-order chi connectivity index (χ0) is 13.0. The van der Waals surface area contributed by atoms with E-state index in [0.29, 0.717) is 0 Å². The van der Waals surface area contributed by atoms with Crippen LogP contribution in [0.4, 0.5) is 5.69 Å². The molecule has 0 spiro atoms. The summed E-state index contributed by atoms with van der Waals surface area (Å²) in [6, 6.07) is 7.64. The normalized spacial score (nSPS) is 10.3. The summed E-state index contributed by atoms with van der Waals surface area (Å²) in [5.74, 6) is -0.0734. The molecule has 1 heterocycles. The lowest BCUT2D eigenvalue weighted by atomic mass is 10.1. The predicted octanol–water partition coefficient (Wildman–Crippen LogP) is 2.85. The van der Waals surface area contributed by atoms with Gasteiger partial charge in [-0.2, -0.15) is 5.10 Å². The summed E-state index contributed by atoms with van der Waals surface area (Å²) in [7, 11) is 0. The van der Waals surface area contributed by atoms with Gasteiger partial charge in [0.05, 0.1) is 0 Å². The number of aryl methyl sites for hydroxylation is 1. The largest absolute Gasteiger partial charge is 0.324 e. The van der Waals surface area contributed by atoms with Crippen LogP contribution in [0.15, 0.2) is 41.1 Å². The van der Waals surface area contributed by atoms with Gasteiger partial charge in [0.15, 0.2) is 0 Å². The highest BCUT2D eigenvalue weighted by atomic mass is 79.9. The molecular formula is C13H14BrN3O. The molecule has 0 fully saturated rings. The molecule has 2 aromatic rings. The van der Waals surface area contributed by atoms with Crippen LogP contribution in [0.2, 0.25) is 0 Å². The second-order valence-electron chi connectivity index (χ2n) is 3.91. The Morgan fingerprint density at radius 1 is 1.50 bits per heavy atom. The number of carbonyl (C=O) groups excluding carboxylic acids is 1. The molecule has 0 bridgehead atoms. The zero-order valence-electron chi connectivity index (χ0n) is 10.1. The van der Waals surface area contributed by atoms with Crippen molar-refractivity contribution in [3.8, 4) is 0 Å². The molecule has 0 saturated heterocycles. The minimum Gasteiger partial charge on any atom is -0.324 e. The molecule has 1 N–H and O–H groups in total. The van der Waals surface area contributed by atoms with Crippen molar-refractivity contribution in [1.29, 1.82) is 0 Å². The van der Waals surface area contributed by atoms with E-state index in [2.05, 4.69) is 33.3 Å². The van der Waals surface area contributed by atoms with Gasteiger partial charge in [-0.1, -0.05) is 22.9 Å². The Kier molecular flexibility index (Phi) is 4.15. The molecule has 1 amide bonds. The Hall–Kier alpha value is -1.62. The Bertz CT molecular complexity index is 537. The van der Waals surface area contributed by atoms with Gasteiger partial charge in [-0.25, -0.2) is 0 Å². The molecule has 1 aromatic carbocycles. The third-order valence-electron chi connectivity index (χ3n) is 2.59. The first kappa shape index (κ1) is 12.8. The molecule has 0 aliphatic carbocycles. The van der Waals surface area contributed by atoms with Gasteiger partial charge in [0.2, 0.25) is 5.91 Å². The number of hydrogen-bond acceptors (Lipinski definition) is 2. The summed E-state index contributed by atoms with van der Waals surface area (Å²) >= 11 is 3.43. The minimum atomic E-state index is -0.0734. The molecule has 4 nitrogen and oxygen atoms in total. The van der Waals surface area contributed by atoms with Crippen molar-refractivity contribution < 1.29 is 4.79 Å². The maximum absolute atomic E-state index is 11.8. The van der Waals surface area contributed by atoms with E-state index in [1.807, 2.05) is 18.2 Å². The average molecular weight is 308 g/mol. The number of hydrogen-bond donors (Lipinski definition) is 1. The number of carbonyl (C=O) groups is 1. The molecule has 0 atom stereocenters. The zero-order valence-corrected chi connectivity index (χ0v) is 11.6. The van der Waals surface area contributed by atoms with E-state index in [1.54, 1.807) is 23.1 Å². The molecule has 0 aliphatic heterocycles. The van der Waals surface area contributed by atoms with Crippen LogP contribution in [0.25, 0.3) is 0 Å². The standard InChI is InChI=1S/C13H14BrN3O/c1-2-10-8-11(14)4-5-12(10)16-13(18)9-17-7-3-6-15-17/h3-8H,2,9H2,1H3,(H,16,18). The first-order valence-corrected chi connectivity index (χ1v) is 6.54. The van der Waals surface area contributed by atoms with Gasteiger partial charge in [-0.15, -0.1) is 0 Å². The second kappa shape index (κ2) is 5.82. The van der Waals surface area contributed by atoms with E-state index in [9.17, 15) is 4.79 Å². The monoisotopic (exact) mass is 307 g/mol. The average Bonchev–Trinajstić information content (AvgIpc) is 2.84. The fourth-order valence-corrected chi connectivity index (χ4v) is 2.12. The summed E-state index contributed by atoms with van der Waals surface area (Å²) in [6.07, 6.45) is 4.29. The van der Waals surface area contributed by atoms with Crippen molar-refractivity contribution in [3.63, 3.8) is 0 Å². The Morgan fingerprint density at radius 3 is 3.00 bits per heavy atom. The summed E-state index contributed by atoms with van der Waals surface area (Å²) in [6.45, 7) is 2.29. The SMILES string of the molecule is CCc1cc(Br)ccc1NC(=O)Cn1cccn1. The number of anilines is 1. The van der Waals surface area contributed by atoms with E-state index in [4.69, 9.17) is 0 Å². The van der Waals surface area contributed by atoms with Crippen LogP contribution in [-0.2, 0) is 17.8 Å². The Labute approximate surface area is 114 Å². The lowest BCUT2D eigenvalue weighted by Gasteiger charge is -2.10. The topological polar surface area (TPSA) is 46.9 Å². The summed E-state index contributed by atoms with van der Waals surface area (Å²) < 4.78 is 2.62. The van der Waals surface area contributed by atoms with Gasteiger partial charge in [0.25, 0.3) is 0 Å². The van der Waals surface area contributed by atoms with Crippen molar-refractivity contribution in [1.82, 2.24) is 9.78 Å². The maximum atomic E-state index is 11.8. The molecule has 0 unspecified atom stereocenters. The van der Waals surface area contributed by atoms with Crippen LogP contribution in [0, 0.1) is 0 Å². The van der Waals surface area contributed by atoms with Gasteiger partial charge < -0.3 is 5.32 Å². The Morgan fingerprint density at radius 2 is 2.33 bits per heavy atom. The number of benzene rings is 1. The van der Waals surface area contributed by atoms with Gasteiger partial charge in [-0.05, 0) is 36.2 Å². The number of nitrogens with one attached hydrogen (secondary N) is 1. The number of nitrogens with zero attached hydrogens (tertiary/aromatic N) is 2. The van der Waals surface area contributed by atoms with Crippen molar-refractivity contribution in [2.24, 2.45) is 0 Å². The van der Waals surface area contributed by atoms with Crippen LogP contribution < -0.4 is 5.32 Å². The minimum absolute atomic E-state index is 0.0734. The van der Waals surface area contributed by atoms with Gasteiger partial charge in [0, 0.05) is 22.6 Å². The van der Waals surface area contributed by atoms with E-state index in [1.165, 1.54) is 0 Å². The van der Waals surface area contributed by atoms with Crippen LogP contribution in [-0.4, -0.2) is 15.7 Å². The molecule has 0 radical (unpaired) electrons. The van der Waals surface area contributed by atoms with Crippen LogP contribution in [0.1, 0.15) is 12.5 Å². The third-order valence-corrected chi connectivity index (χ3v) is 3.08. The van der Waals surface area contributed by atoms with Gasteiger partial charge in [0.1, 0.15) is 6.54 Å². The quantitative estimate of drug-likeness (QED) is 0.944. The first-order chi connectivity index (χ1) is 8.69. The Balaban J connectivity index is 2.07. The fourth-order valence-electron chi connectivity index (χ4n) is 1.71. The van der Waals surface area contributed by atoms with Gasteiger partial charge in [-0.3, -0.25) is 9.48 Å². The van der Waals surface area contributed by atoms with E-state index in [0.717, 1.165) is 22.1 Å². The molecule has 1 aromatic heterocycles. The summed E-state index contributed by atoms with van der Waals surface area (Å²) in [5, 5.41) is 6.91. The lowest BCUT2D eigenvalue weighted by molar-refractivity contribution is -0.116. The van der Waals surface area contributed by atoms with Crippen LogP contribution in [0.5, 0.6) is 0 Å². The molecule has 18 heavy (non-hydrogen) atoms. The van der Waals surface area contributed by atoms with E-state index >= 15 is 0 Å². The molecule has 5 heteroatoms. The van der Waals surface area contributed by atoms with E-state index < -0.39 is 0 Å². The number of halogens is 1. The second-order valence-corrected chi connectivity index (χ2v) is 4.82. The molecule has 94 valence electrons. The summed E-state index contributed by atoms with van der Waals surface area (Å²) in [5.41, 5.74) is 1.97. The van der Waals surface area contributed by atoms with E-state index in [-0.39, 0.29) is 12.5 Å². The molecule has 0 saturated carbocycles. The number of aromatic nitrogens is 2. The van der Waals surface area contributed by atoms with Crippen LogP contribution in [0.3, 0.4) is 0 Å². The first-order valence-electron chi connectivity index (χ1n) is 5.74. The molecule has 0 aliphatic rings. The van der Waals surface area contributed by atoms with Crippen molar-refractivity contribution in [3.05, 3.63) is 46.7 Å². The number of amides is 1. The lowest BCUT2D eigenvalue weighted by Crippen LogP contribution is -2.19. The fraction of sp³-hybridized carbons (Fsp3) is 0.231. The third kappa shape index (κ3) is 3.20. The van der Waals surface area contributed by atoms with Crippen molar-refractivity contribution in [2.75, 3.05) is 5.32 Å². The molecular weight excluding hydrogens is 294 g/mol. The highest BCUT2D eigenvalue weighted by Crippen LogP contribution is 2.21. The highest BCUT2D eigenvalue weighted by Gasteiger charge is 2.07. The highest BCUT2D eigenvalue weighted by molar-refractivity contribution is 9.10. The van der Waals surface area contributed by atoms with Crippen molar-refractivity contribution >= 4 is 27.5 Å². The predicted molar refractivity (Wildman–Crippen MR) is 74.4 cm³/mol. The summed E-state index contributed by atoms with van der Waals surface area (Å²) in [4.78, 5) is 11.8.